The van der Waals surface area contributed by atoms with Crippen molar-refractivity contribution in [2.45, 2.75) is 45.6 Å². The van der Waals surface area contributed by atoms with Crippen LogP contribution in [0.5, 0.6) is 0 Å². The molecule has 0 aliphatic heterocycles. The third-order valence-electron chi connectivity index (χ3n) is 4.81. The summed E-state index contributed by atoms with van der Waals surface area (Å²) in [6.07, 6.45) is 3.73. The normalized spacial score (nSPS) is 24.8. The molecule has 1 aromatic carbocycles. The first-order valence-electron chi connectivity index (χ1n) is 8.30. The van der Waals surface area contributed by atoms with E-state index >= 15 is 0 Å². The molecule has 122 valence electrons. The van der Waals surface area contributed by atoms with E-state index in [1.807, 2.05) is 37.3 Å². The molecule has 0 radical (unpaired) electrons. The van der Waals surface area contributed by atoms with Crippen molar-refractivity contribution in [2.24, 2.45) is 5.41 Å². The summed E-state index contributed by atoms with van der Waals surface area (Å²) < 4.78 is 0. The average Bonchev–Trinajstić information content (AvgIpc) is 2.54. The molecule has 2 atom stereocenters. The highest BCUT2D eigenvalue weighted by Crippen LogP contribution is 2.35. The summed E-state index contributed by atoms with van der Waals surface area (Å²) in [4.78, 5) is 14.3. The first kappa shape index (κ1) is 16.8. The van der Waals surface area contributed by atoms with Crippen molar-refractivity contribution in [2.75, 3.05) is 24.5 Å². The van der Waals surface area contributed by atoms with Gasteiger partial charge < -0.3 is 15.3 Å². The summed E-state index contributed by atoms with van der Waals surface area (Å²) in [6.45, 7) is 5.82. The predicted octanol–water partition coefficient (Wildman–Crippen LogP) is 2.57. The van der Waals surface area contributed by atoms with Gasteiger partial charge in [-0.25, -0.2) is 0 Å². The Morgan fingerprint density at radius 1 is 1.36 bits per heavy atom. The lowest BCUT2D eigenvalue weighted by molar-refractivity contribution is -0.121. The van der Waals surface area contributed by atoms with Crippen LogP contribution in [0.1, 0.15) is 39.5 Å². The van der Waals surface area contributed by atoms with Crippen LogP contribution in [-0.4, -0.2) is 36.8 Å². The van der Waals surface area contributed by atoms with Crippen LogP contribution < -0.4 is 10.2 Å². The molecule has 1 amide bonds. The number of rotatable bonds is 6. The van der Waals surface area contributed by atoms with Crippen molar-refractivity contribution in [3.63, 3.8) is 0 Å². The van der Waals surface area contributed by atoms with Gasteiger partial charge in [-0.2, -0.15) is 0 Å². The number of para-hydroxylation sites is 1. The Balaban J connectivity index is 1.87. The highest BCUT2D eigenvalue weighted by atomic mass is 16.3. The fraction of sp³-hybridized carbons (Fsp3) is 0.611. The van der Waals surface area contributed by atoms with E-state index in [-0.39, 0.29) is 17.4 Å². The molecule has 0 unspecified atom stereocenters. The van der Waals surface area contributed by atoms with Crippen LogP contribution >= 0.6 is 0 Å². The summed E-state index contributed by atoms with van der Waals surface area (Å²) in [7, 11) is 0. The van der Waals surface area contributed by atoms with Crippen LogP contribution in [0.2, 0.25) is 0 Å². The minimum absolute atomic E-state index is 0.0182. The zero-order valence-corrected chi connectivity index (χ0v) is 13.7. The zero-order valence-electron chi connectivity index (χ0n) is 13.7. The number of benzene rings is 1. The van der Waals surface area contributed by atoms with Gasteiger partial charge in [-0.3, -0.25) is 4.79 Å². The summed E-state index contributed by atoms with van der Waals surface area (Å²) in [5, 5.41) is 13.2. The SMILES string of the molecule is CCN(CC(=O)NC[C@]1(C)CCCC[C@@H]1O)c1ccccc1. The Morgan fingerprint density at radius 2 is 2.09 bits per heavy atom. The number of aliphatic hydroxyl groups excluding tert-OH is 1. The van der Waals surface area contributed by atoms with Crippen LogP contribution in [0.25, 0.3) is 0 Å². The molecule has 1 aliphatic rings. The number of anilines is 1. The van der Waals surface area contributed by atoms with E-state index in [0.29, 0.717) is 13.1 Å². The Bertz CT molecular complexity index is 477. The van der Waals surface area contributed by atoms with E-state index in [9.17, 15) is 9.90 Å². The Morgan fingerprint density at radius 3 is 2.73 bits per heavy atom. The summed E-state index contributed by atoms with van der Waals surface area (Å²) in [6, 6.07) is 9.97. The summed E-state index contributed by atoms with van der Waals surface area (Å²) in [5.74, 6) is 0.0182. The van der Waals surface area contributed by atoms with Crippen molar-refractivity contribution in [3.8, 4) is 0 Å². The largest absolute Gasteiger partial charge is 0.392 e. The number of carbonyl (C=O) groups excluding carboxylic acids is 1. The van der Waals surface area contributed by atoms with Crippen LogP contribution in [0.15, 0.2) is 30.3 Å². The van der Waals surface area contributed by atoms with Crippen LogP contribution in [-0.2, 0) is 4.79 Å². The third kappa shape index (κ3) is 4.23. The summed E-state index contributed by atoms with van der Waals surface area (Å²) >= 11 is 0. The third-order valence-corrected chi connectivity index (χ3v) is 4.81. The Hall–Kier alpha value is -1.55. The van der Waals surface area contributed by atoms with Crippen molar-refractivity contribution in [1.29, 1.82) is 0 Å². The van der Waals surface area contributed by atoms with Gasteiger partial charge in [-0.15, -0.1) is 0 Å². The van der Waals surface area contributed by atoms with Gasteiger partial charge in [0.25, 0.3) is 0 Å². The summed E-state index contributed by atoms with van der Waals surface area (Å²) in [5.41, 5.74) is 0.876. The van der Waals surface area contributed by atoms with Crippen LogP contribution in [0.4, 0.5) is 5.69 Å². The maximum Gasteiger partial charge on any atom is 0.239 e. The van der Waals surface area contributed by atoms with Gasteiger partial charge in [0, 0.05) is 24.2 Å². The molecule has 2 N–H and O–H groups in total. The topological polar surface area (TPSA) is 52.6 Å². The second-order valence-corrected chi connectivity index (χ2v) is 6.54. The van der Waals surface area contributed by atoms with E-state index in [1.54, 1.807) is 0 Å². The number of carbonyl (C=O) groups is 1. The molecule has 0 heterocycles. The zero-order chi connectivity index (χ0) is 16.0. The number of amides is 1. The monoisotopic (exact) mass is 304 g/mol. The molecular weight excluding hydrogens is 276 g/mol. The highest BCUT2D eigenvalue weighted by molar-refractivity contribution is 5.81. The molecule has 2 rings (SSSR count). The van der Waals surface area contributed by atoms with E-state index < -0.39 is 0 Å². The lowest BCUT2D eigenvalue weighted by Crippen LogP contribution is -2.47. The van der Waals surface area contributed by atoms with Gasteiger partial charge in [0.2, 0.25) is 5.91 Å². The minimum atomic E-state index is -0.307. The first-order valence-corrected chi connectivity index (χ1v) is 8.30. The molecule has 0 bridgehead atoms. The fourth-order valence-electron chi connectivity index (χ4n) is 3.14. The molecule has 4 heteroatoms. The predicted molar refractivity (Wildman–Crippen MR) is 89.9 cm³/mol. The molecule has 22 heavy (non-hydrogen) atoms. The van der Waals surface area contributed by atoms with Crippen molar-refractivity contribution in [3.05, 3.63) is 30.3 Å². The molecule has 1 aromatic rings. The molecule has 1 fully saturated rings. The van der Waals surface area contributed by atoms with Gasteiger partial charge in [-0.1, -0.05) is 38.0 Å². The molecule has 0 aromatic heterocycles. The van der Waals surface area contributed by atoms with Gasteiger partial charge >= 0.3 is 0 Å². The second kappa shape index (κ2) is 7.63. The van der Waals surface area contributed by atoms with E-state index in [0.717, 1.165) is 37.9 Å². The maximum absolute atomic E-state index is 12.2. The molecular formula is C18H28N2O2. The number of nitrogens with one attached hydrogen (secondary N) is 1. The van der Waals surface area contributed by atoms with Crippen molar-refractivity contribution >= 4 is 11.6 Å². The number of aliphatic hydroxyl groups is 1. The van der Waals surface area contributed by atoms with Gasteiger partial charge in [0.1, 0.15) is 0 Å². The highest BCUT2D eigenvalue weighted by Gasteiger charge is 2.35. The molecule has 1 aliphatic carbocycles. The van der Waals surface area contributed by atoms with Crippen molar-refractivity contribution in [1.82, 2.24) is 5.32 Å². The fourth-order valence-corrected chi connectivity index (χ4v) is 3.14. The number of hydrogen-bond donors (Lipinski definition) is 2. The van der Waals surface area contributed by atoms with Crippen molar-refractivity contribution < 1.29 is 9.90 Å². The van der Waals surface area contributed by atoms with Gasteiger partial charge in [-0.05, 0) is 31.9 Å². The Kier molecular flexibility index (Phi) is 5.83. The minimum Gasteiger partial charge on any atom is -0.392 e. The van der Waals surface area contributed by atoms with Crippen LogP contribution in [0.3, 0.4) is 0 Å². The maximum atomic E-state index is 12.2. The number of hydrogen-bond acceptors (Lipinski definition) is 3. The van der Waals surface area contributed by atoms with Gasteiger partial charge in [0.15, 0.2) is 0 Å². The average molecular weight is 304 g/mol. The molecule has 0 spiro atoms. The molecule has 1 saturated carbocycles. The smallest absolute Gasteiger partial charge is 0.239 e. The number of nitrogens with zero attached hydrogens (tertiary/aromatic N) is 1. The van der Waals surface area contributed by atoms with E-state index in [1.165, 1.54) is 0 Å². The molecule has 0 saturated heterocycles. The second-order valence-electron chi connectivity index (χ2n) is 6.54. The Labute approximate surface area is 133 Å². The lowest BCUT2D eigenvalue weighted by atomic mass is 9.73. The molecule has 4 nitrogen and oxygen atoms in total. The van der Waals surface area contributed by atoms with Crippen LogP contribution in [0, 0.1) is 5.41 Å². The standard InChI is InChI=1S/C18H28N2O2/c1-3-20(15-9-5-4-6-10-15)13-17(22)19-14-18(2)12-8-7-11-16(18)21/h4-6,9-10,16,21H,3,7-8,11-14H2,1-2H3,(H,19,22)/t16-,18-/m0/s1. The van der Waals surface area contributed by atoms with E-state index in [2.05, 4.69) is 17.1 Å². The lowest BCUT2D eigenvalue weighted by Gasteiger charge is -2.38. The number of likely N-dealkylation sites (N-methyl/N-ethyl adjacent to an activating group) is 1. The first-order chi connectivity index (χ1) is 10.5. The quantitative estimate of drug-likeness (QED) is 0.849. The van der Waals surface area contributed by atoms with Gasteiger partial charge in [0.05, 0.1) is 12.6 Å². The van der Waals surface area contributed by atoms with E-state index in [4.69, 9.17) is 0 Å².